The molecule has 0 bridgehead atoms. The third kappa shape index (κ3) is 5.18. The Balaban J connectivity index is 3.06. The van der Waals surface area contributed by atoms with Crippen LogP contribution in [0, 0.1) is 11.8 Å². The summed E-state index contributed by atoms with van der Waals surface area (Å²) in [4.78, 5) is 47.4. The first-order valence-corrected chi connectivity index (χ1v) is 7.55. The van der Waals surface area contributed by atoms with Crippen LogP contribution in [0.1, 0.15) is 17.3 Å². The third-order valence-electron chi connectivity index (χ3n) is 3.62. The standard InChI is InChI=1S/C16H18ClNO7/c1-8(11(15(22)24-2)16(23)25-3)12(14(20)21)18-13(19)9-4-6-10(17)7-5-9/h4-8,11-12H,1-3H3,(H,18,19)(H,20,21)/t8-,12+/m0/s1. The van der Waals surface area contributed by atoms with Crippen LogP contribution >= 0.6 is 11.6 Å². The highest BCUT2D eigenvalue weighted by Gasteiger charge is 2.42. The predicted molar refractivity (Wildman–Crippen MR) is 87.0 cm³/mol. The first-order chi connectivity index (χ1) is 11.7. The molecule has 0 saturated heterocycles. The van der Waals surface area contributed by atoms with Gasteiger partial charge in [0.1, 0.15) is 6.04 Å². The second kappa shape index (κ2) is 9.03. The van der Waals surface area contributed by atoms with E-state index in [1.54, 1.807) is 0 Å². The van der Waals surface area contributed by atoms with Gasteiger partial charge in [-0.25, -0.2) is 4.79 Å². The van der Waals surface area contributed by atoms with Crippen LogP contribution in [0.3, 0.4) is 0 Å². The predicted octanol–water partition coefficient (Wildman–Crippen LogP) is 1.12. The summed E-state index contributed by atoms with van der Waals surface area (Å²) in [7, 11) is 2.13. The van der Waals surface area contributed by atoms with Gasteiger partial charge in [-0.05, 0) is 24.3 Å². The molecule has 0 aromatic heterocycles. The number of carboxylic acid groups (broad SMARTS) is 1. The lowest BCUT2D eigenvalue weighted by Gasteiger charge is -2.26. The molecule has 2 N–H and O–H groups in total. The lowest BCUT2D eigenvalue weighted by molar-refractivity contribution is -0.162. The Morgan fingerprint density at radius 3 is 1.92 bits per heavy atom. The summed E-state index contributed by atoms with van der Waals surface area (Å²) in [5, 5.41) is 12.1. The molecule has 0 radical (unpaired) electrons. The molecule has 0 fully saturated rings. The van der Waals surface area contributed by atoms with Crippen LogP contribution in [-0.4, -0.2) is 49.2 Å². The van der Waals surface area contributed by atoms with E-state index in [4.69, 9.17) is 11.6 Å². The summed E-state index contributed by atoms with van der Waals surface area (Å²) in [5.74, 6) is -6.62. The summed E-state index contributed by atoms with van der Waals surface area (Å²) in [5.41, 5.74) is 0.176. The third-order valence-corrected chi connectivity index (χ3v) is 3.87. The number of rotatable bonds is 7. The van der Waals surface area contributed by atoms with Crippen molar-refractivity contribution < 1.29 is 33.8 Å². The second-order valence-electron chi connectivity index (χ2n) is 5.18. The van der Waals surface area contributed by atoms with Crippen LogP contribution in [0.2, 0.25) is 5.02 Å². The van der Waals surface area contributed by atoms with Crippen molar-refractivity contribution >= 4 is 35.4 Å². The maximum Gasteiger partial charge on any atom is 0.326 e. The number of ether oxygens (including phenoxy) is 2. The van der Waals surface area contributed by atoms with Gasteiger partial charge in [-0.3, -0.25) is 14.4 Å². The molecule has 1 aromatic rings. The molecule has 1 amide bonds. The Morgan fingerprint density at radius 1 is 1.04 bits per heavy atom. The number of halogens is 1. The van der Waals surface area contributed by atoms with Gasteiger partial charge in [0.25, 0.3) is 5.91 Å². The number of nitrogens with one attached hydrogen (secondary N) is 1. The fraction of sp³-hybridized carbons (Fsp3) is 0.375. The van der Waals surface area contributed by atoms with E-state index in [-0.39, 0.29) is 5.56 Å². The summed E-state index contributed by atoms with van der Waals surface area (Å²) in [6.07, 6.45) is 0. The molecule has 0 heterocycles. The number of esters is 2. The Labute approximate surface area is 149 Å². The van der Waals surface area contributed by atoms with Gasteiger partial charge in [0.05, 0.1) is 14.2 Å². The number of carboxylic acids is 1. The number of aliphatic carboxylic acids is 1. The van der Waals surface area contributed by atoms with Crippen molar-refractivity contribution in [2.45, 2.75) is 13.0 Å². The van der Waals surface area contributed by atoms with Crippen LogP contribution < -0.4 is 5.32 Å². The molecule has 2 atom stereocenters. The molecule has 8 nitrogen and oxygen atoms in total. The van der Waals surface area contributed by atoms with Crippen LogP contribution in [-0.2, 0) is 23.9 Å². The summed E-state index contributed by atoms with van der Waals surface area (Å²) in [6, 6.07) is 4.26. The van der Waals surface area contributed by atoms with Crippen molar-refractivity contribution in [3.05, 3.63) is 34.9 Å². The minimum absolute atomic E-state index is 0.176. The number of hydrogen-bond acceptors (Lipinski definition) is 6. The maximum absolute atomic E-state index is 12.2. The topological polar surface area (TPSA) is 119 Å². The highest BCUT2D eigenvalue weighted by atomic mass is 35.5. The van der Waals surface area contributed by atoms with E-state index < -0.39 is 41.7 Å². The molecule has 1 aromatic carbocycles. The molecule has 25 heavy (non-hydrogen) atoms. The van der Waals surface area contributed by atoms with Crippen molar-refractivity contribution in [3.63, 3.8) is 0 Å². The summed E-state index contributed by atoms with van der Waals surface area (Å²) in [6.45, 7) is 1.33. The van der Waals surface area contributed by atoms with Crippen molar-refractivity contribution in [1.29, 1.82) is 0 Å². The maximum atomic E-state index is 12.2. The lowest BCUT2D eigenvalue weighted by atomic mass is 9.87. The van der Waals surface area contributed by atoms with Crippen molar-refractivity contribution in [2.24, 2.45) is 11.8 Å². The molecule has 0 aliphatic rings. The Morgan fingerprint density at radius 2 is 1.52 bits per heavy atom. The van der Waals surface area contributed by atoms with Gasteiger partial charge in [-0.1, -0.05) is 18.5 Å². The Kier molecular flexibility index (Phi) is 7.38. The Bertz CT molecular complexity index is 643. The van der Waals surface area contributed by atoms with Crippen molar-refractivity contribution in [1.82, 2.24) is 5.32 Å². The Hall–Kier alpha value is -2.61. The van der Waals surface area contributed by atoms with E-state index in [9.17, 15) is 24.3 Å². The average Bonchev–Trinajstić information content (AvgIpc) is 2.59. The number of hydrogen-bond donors (Lipinski definition) is 2. The number of methoxy groups -OCH3 is 2. The van der Waals surface area contributed by atoms with Crippen LogP contribution in [0.15, 0.2) is 24.3 Å². The van der Waals surface area contributed by atoms with Crippen LogP contribution in [0.25, 0.3) is 0 Å². The zero-order valence-electron chi connectivity index (χ0n) is 13.8. The van der Waals surface area contributed by atoms with Gasteiger partial charge in [0.15, 0.2) is 5.92 Å². The molecule has 1 rings (SSSR count). The van der Waals surface area contributed by atoms with Gasteiger partial charge < -0.3 is 19.9 Å². The van der Waals surface area contributed by atoms with E-state index in [0.29, 0.717) is 5.02 Å². The van der Waals surface area contributed by atoms with E-state index in [0.717, 1.165) is 14.2 Å². The fourth-order valence-corrected chi connectivity index (χ4v) is 2.34. The zero-order valence-corrected chi connectivity index (χ0v) is 14.6. The quantitative estimate of drug-likeness (QED) is 0.544. The van der Waals surface area contributed by atoms with Gasteiger partial charge in [-0.15, -0.1) is 0 Å². The first kappa shape index (κ1) is 20.4. The number of benzene rings is 1. The minimum atomic E-state index is -1.52. The highest BCUT2D eigenvalue weighted by molar-refractivity contribution is 6.30. The molecule has 0 aliphatic carbocycles. The lowest BCUT2D eigenvalue weighted by Crippen LogP contribution is -2.50. The zero-order chi connectivity index (χ0) is 19.1. The SMILES string of the molecule is COC(=O)C(C(=O)OC)[C@H](C)[C@@H](NC(=O)c1ccc(Cl)cc1)C(=O)O. The smallest absolute Gasteiger partial charge is 0.326 e. The van der Waals surface area contributed by atoms with Gasteiger partial charge >= 0.3 is 17.9 Å². The number of carbonyl (C=O) groups is 4. The monoisotopic (exact) mass is 371 g/mol. The van der Waals surface area contributed by atoms with Gasteiger partial charge in [0.2, 0.25) is 0 Å². The van der Waals surface area contributed by atoms with Crippen LogP contribution in [0.5, 0.6) is 0 Å². The van der Waals surface area contributed by atoms with Crippen molar-refractivity contribution in [2.75, 3.05) is 14.2 Å². The first-order valence-electron chi connectivity index (χ1n) is 7.17. The molecule has 0 aliphatic heterocycles. The summed E-state index contributed by atoms with van der Waals surface area (Å²) < 4.78 is 9.06. The molecule has 136 valence electrons. The van der Waals surface area contributed by atoms with E-state index in [1.807, 2.05) is 0 Å². The molecule has 0 unspecified atom stereocenters. The fourth-order valence-electron chi connectivity index (χ4n) is 2.22. The van der Waals surface area contributed by atoms with E-state index in [2.05, 4.69) is 14.8 Å². The number of amides is 1. The molecule has 9 heteroatoms. The second-order valence-corrected chi connectivity index (χ2v) is 5.62. The normalized spacial score (nSPS) is 12.8. The van der Waals surface area contributed by atoms with Gasteiger partial charge in [0, 0.05) is 16.5 Å². The molecular formula is C16H18ClNO7. The van der Waals surface area contributed by atoms with E-state index >= 15 is 0 Å². The molecule has 0 saturated carbocycles. The average molecular weight is 372 g/mol. The molecular weight excluding hydrogens is 354 g/mol. The summed E-state index contributed by atoms with van der Waals surface area (Å²) >= 11 is 5.74. The van der Waals surface area contributed by atoms with E-state index in [1.165, 1.54) is 31.2 Å². The highest BCUT2D eigenvalue weighted by Crippen LogP contribution is 2.20. The molecule has 0 spiro atoms. The minimum Gasteiger partial charge on any atom is -0.480 e. The van der Waals surface area contributed by atoms with Gasteiger partial charge in [-0.2, -0.15) is 0 Å². The van der Waals surface area contributed by atoms with Crippen molar-refractivity contribution in [3.8, 4) is 0 Å². The largest absolute Gasteiger partial charge is 0.480 e. The number of carbonyl (C=O) groups excluding carboxylic acids is 3. The van der Waals surface area contributed by atoms with Crippen LogP contribution in [0.4, 0.5) is 0 Å².